The van der Waals surface area contributed by atoms with Crippen LogP contribution >= 0.6 is 77.0 Å². The van der Waals surface area contributed by atoms with Gasteiger partial charge in [-0.15, -0.1) is 0 Å². The van der Waals surface area contributed by atoms with Crippen LogP contribution in [0, 0.1) is 24.2 Å². The molecule has 0 aliphatic heterocycles. The summed E-state index contributed by atoms with van der Waals surface area (Å²) < 4.78 is 15.3. The Morgan fingerprint density at radius 3 is 1.38 bits per heavy atom. The maximum atomic E-state index is 11.4. The highest BCUT2D eigenvalue weighted by Crippen LogP contribution is 2.44. The summed E-state index contributed by atoms with van der Waals surface area (Å²) in [5, 5.41) is 19.7. The molecule has 0 atom stereocenters. The first kappa shape index (κ1) is 78.1. The van der Waals surface area contributed by atoms with E-state index in [-0.39, 0.29) is 10.6 Å². The molecule has 0 saturated carbocycles. The van der Waals surface area contributed by atoms with Crippen LogP contribution in [0.15, 0.2) is 337 Å². The Morgan fingerprint density at radius 2 is 0.770 bits per heavy atom. The van der Waals surface area contributed by atoms with Crippen LogP contribution in [0.25, 0.3) is 200 Å². The Morgan fingerprint density at radius 1 is 0.336 bits per heavy atom. The number of para-hydroxylation sites is 2. The van der Waals surface area contributed by atoms with E-state index in [1.807, 2.05) is 128 Å². The van der Waals surface area contributed by atoms with Crippen molar-refractivity contribution >= 4 is 159 Å². The number of rotatable bonds is 14. The number of aromatic nitrogens is 12. The second-order valence-electron chi connectivity index (χ2n) is 29.2. The minimum Gasteiger partial charge on any atom is -0.493 e. The molecule has 0 saturated heterocycles. The smallest absolute Gasteiger partial charge is 0.270 e. The molecule has 21 heteroatoms. The fourth-order valence-electron chi connectivity index (χ4n) is 16.0. The molecule has 17 nitrogen and oxygen atoms in total. The Kier molecular flexibility index (Phi) is 21.7. The minimum absolute atomic E-state index is 0.0552. The first-order chi connectivity index (χ1) is 59.7. The van der Waals surface area contributed by atoms with Gasteiger partial charge in [-0.25, -0.2) is 19.9 Å². The zero-order chi connectivity index (χ0) is 83.1. The van der Waals surface area contributed by atoms with E-state index in [0.29, 0.717) is 11.5 Å². The summed E-state index contributed by atoms with van der Waals surface area (Å²) in [5.41, 5.74) is 25.9. The molecule has 592 valence electrons. The second kappa shape index (κ2) is 33.8. The van der Waals surface area contributed by atoms with Crippen LogP contribution in [0.2, 0.25) is 0 Å². The Balaban J connectivity index is 0.000000107. The normalized spacial score (nSPS) is 11.3. The van der Waals surface area contributed by atoms with Gasteiger partial charge < -0.3 is 49.3 Å². The number of nitrogens with zero attached hydrogens (tertiary/aromatic N) is 5. The van der Waals surface area contributed by atoms with Crippen molar-refractivity contribution in [3.8, 4) is 136 Å². The number of aryl methyl sites for hydroxylation is 1. The maximum absolute atomic E-state index is 11.4. The molecule has 0 aliphatic rings. The van der Waals surface area contributed by atoms with Crippen LogP contribution in [0.3, 0.4) is 0 Å². The van der Waals surface area contributed by atoms with E-state index < -0.39 is 0 Å². The summed E-state index contributed by atoms with van der Waals surface area (Å²) in [5.74, 6) is 4.64. The van der Waals surface area contributed by atoms with Gasteiger partial charge in [-0.05, 0) is 171 Å². The fourth-order valence-corrected chi connectivity index (χ4v) is 17.8. The van der Waals surface area contributed by atoms with E-state index in [1.165, 1.54) is 23.7 Å². The van der Waals surface area contributed by atoms with E-state index in [2.05, 4.69) is 312 Å². The number of imidazole rings is 4. The van der Waals surface area contributed by atoms with Crippen molar-refractivity contribution in [1.82, 2.24) is 59.8 Å². The lowest BCUT2D eigenvalue weighted by molar-refractivity contribution is -0.384. The second-order valence-corrected chi connectivity index (χ2v) is 33.6. The van der Waals surface area contributed by atoms with Gasteiger partial charge in [-0.2, -0.15) is 0 Å². The maximum Gasteiger partial charge on any atom is 0.270 e. The van der Waals surface area contributed by atoms with Gasteiger partial charge in [0.25, 0.3) is 5.69 Å². The summed E-state index contributed by atoms with van der Waals surface area (Å²) >= 11 is 11.8. The number of ether oxygens (including phenoxy) is 2. The molecule has 8 N–H and O–H groups in total. The summed E-state index contributed by atoms with van der Waals surface area (Å²) in [6, 6.07) is 105. The molecule has 0 amide bonds. The highest BCUT2D eigenvalue weighted by atomic mass is 127. The lowest BCUT2D eigenvalue weighted by Crippen LogP contribution is -1.91. The molecule has 122 heavy (non-hydrogen) atoms. The van der Waals surface area contributed by atoms with Crippen molar-refractivity contribution in [1.29, 1.82) is 0 Å². The van der Waals surface area contributed by atoms with Gasteiger partial charge in [0.15, 0.2) is 11.5 Å². The zero-order valence-electron chi connectivity index (χ0n) is 65.6. The van der Waals surface area contributed by atoms with Gasteiger partial charge in [0.05, 0.1) is 64.3 Å². The number of nitro benzene ring substituents is 1. The Labute approximate surface area is 743 Å². The number of fused-ring (bicyclic) bond motifs is 10. The minimum atomic E-state index is -0.370. The first-order valence-electron chi connectivity index (χ1n) is 39.2. The van der Waals surface area contributed by atoms with Crippen molar-refractivity contribution in [2.75, 3.05) is 14.2 Å². The van der Waals surface area contributed by atoms with E-state index in [9.17, 15) is 10.1 Å². The molecule has 0 aliphatic carbocycles. The summed E-state index contributed by atoms with van der Waals surface area (Å²) in [7, 11) is 3.28. The number of methoxy groups -OCH3 is 2. The SMILES string of the molecule is Brc1ccc2[nH]cc(-c3nc(-c4cccc(I)c4)c(-c4cccc(I)c4)[nH]3)c2c1.COc1ccc(-c2nc(-c3c[nH]c4ccccc34)[nH]c2-c2ccccc2)cc1OC.Cc1[nH]c2ccccc2c1-c1nc(-c2ccccc2)c(-c2ccc(-c3ccccc3)cc2)[nH]1.O=[N+]([O-])c1ccc2c3ccccc3c3[nH]c(-c4c[nH]c5ccc(Br)cc45)nc3c2c1. The van der Waals surface area contributed by atoms with Crippen LogP contribution in [-0.4, -0.2) is 79.0 Å². The number of aromatic amines is 8. The van der Waals surface area contributed by atoms with E-state index >= 15 is 0 Å². The average Bonchev–Trinajstić information content (AvgIpc) is 1.57. The molecule has 0 spiro atoms. The van der Waals surface area contributed by atoms with E-state index in [1.54, 1.807) is 26.4 Å². The number of H-pyrrole nitrogens is 8. The van der Waals surface area contributed by atoms with Crippen molar-refractivity contribution in [3.05, 3.63) is 360 Å². The van der Waals surface area contributed by atoms with Crippen molar-refractivity contribution in [3.63, 3.8) is 0 Å². The molecular formula is C101H71Br2I2N13O4. The monoisotopic (exact) mass is 1940 g/mol. The number of benzene rings is 14. The number of non-ortho nitro benzene ring substituents is 1. The standard InChI is InChI=1S/C30H23N3.C25H21N3O2.C23H14BrI2N3.C23H13BrN4O2/c1-20-27(25-14-8-9-15-26(25)31-20)30-32-28(23-12-6-3-7-13-23)29(33-30)24-18-16-22(17-19-24)21-10-4-2-5-11-21;1-29-21-13-12-17(14-22(21)30-2)24-23(16-8-4-3-5-9-16)27-25(28-24)19-15-26-20-11-7-6-10-18(19)20;24-15-7-8-20-18(11-15)19(12-27-20)23-28-21(13-3-1-5-16(25)9-13)22(29-23)14-4-2-6-17(26)10-14;24-12-5-8-20-17(9-12)19(11-25-20)23-26-21-16-4-2-1-3-14(16)15-7-6-13(28(29)30)10-18(15)22(21)27-23/h2-19,31H,1H3,(H,32,33);3-15,26H,1-2H3,(H,27,28);1-12,27H,(H,28,29);1-11,25H,(H,26,27). The van der Waals surface area contributed by atoms with E-state index in [4.69, 9.17) is 29.4 Å². The quantitative estimate of drug-likeness (QED) is 0.0225. The summed E-state index contributed by atoms with van der Waals surface area (Å²) in [6.45, 7) is 2.11. The van der Waals surface area contributed by atoms with Crippen molar-refractivity contribution in [2.45, 2.75) is 6.92 Å². The molecule has 8 aromatic heterocycles. The van der Waals surface area contributed by atoms with Crippen LogP contribution < -0.4 is 9.47 Å². The van der Waals surface area contributed by atoms with Gasteiger partial charge in [0.2, 0.25) is 0 Å². The van der Waals surface area contributed by atoms with Crippen LogP contribution in [0.4, 0.5) is 5.69 Å². The number of hydrogen-bond donors (Lipinski definition) is 8. The predicted octanol–water partition coefficient (Wildman–Crippen LogP) is 28.3. The lowest BCUT2D eigenvalue weighted by Gasteiger charge is -2.09. The topological polar surface area (TPSA) is 239 Å². The Hall–Kier alpha value is -13.7. The first-order valence-corrected chi connectivity index (χ1v) is 43.0. The number of nitro groups is 1. The van der Waals surface area contributed by atoms with Gasteiger partial charge in [0.1, 0.15) is 23.3 Å². The molecule has 0 fully saturated rings. The molecular weight excluding hydrogens is 1870 g/mol. The summed E-state index contributed by atoms with van der Waals surface area (Å²) in [4.78, 5) is 58.9. The molecule has 8 heterocycles. The third kappa shape index (κ3) is 15.4. The highest BCUT2D eigenvalue weighted by Gasteiger charge is 2.25. The van der Waals surface area contributed by atoms with Crippen molar-refractivity contribution in [2.24, 2.45) is 0 Å². The van der Waals surface area contributed by atoms with E-state index in [0.717, 1.165) is 199 Å². The summed E-state index contributed by atoms with van der Waals surface area (Å²) in [6.07, 6.45) is 5.95. The lowest BCUT2D eigenvalue weighted by atomic mass is 9.99. The third-order valence-electron chi connectivity index (χ3n) is 21.8. The third-order valence-corrected chi connectivity index (χ3v) is 24.1. The predicted molar refractivity (Wildman–Crippen MR) is 519 cm³/mol. The van der Waals surface area contributed by atoms with Crippen LogP contribution in [-0.2, 0) is 0 Å². The van der Waals surface area contributed by atoms with Gasteiger partial charge >= 0.3 is 0 Å². The van der Waals surface area contributed by atoms with Gasteiger partial charge in [-0.3, -0.25) is 10.1 Å². The molecule has 14 aromatic carbocycles. The molecule has 0 radical (unpaired) electrons. The largest absolute Gasteiger partial charge is 0.493 e. The molecule has 0 unspecified atom stereocenters. The zero-order valence-corrected chi connectivity index (χ0v) is 73.0. The van der Waals surface area contributed by atoms with Gasteiger partial charge in [0, 0.05) is 163 Å². The molecule has 0 bridgehead atoms. The fraction of sp³-hybridized carbons (Fsp3) is 0.0297. The number of hydrogen-bond acceptors (Lipinski definition) is 8. The van der Waals surface area contributed by atoms with Crippen LogP contribution in [0.1, 0.15) is 5.69 Å². The van der Waals surface area contributed by atoms with Gasteiger partial charge in [-0.1, -0.05) is 232 Å². The Bertz CT molecular complexity index is 7610. The number of halogens is 4. The average molecular weight is 1940 g/mol. The number of nitrogens with one attached hydrogen (secondary N) is 8. The van der Waals surface area contributed by atoms with Crippen molar-refractivity contribution < 1.29 is 14.4 Å². The highest BCUT2D eigenvalue weighted by molar-refractivity contribution is 14.1. The van der Waals surface area contributed by atoms with Crippen LogP contribution in [0.5, 0.6) is 11.5 Å². The molecule has 22 rings (SSSR count). The molecule has 22 aromatic rings.